The van der Waals surface area contributed by atoms with Crippen molar-refractivity contribution >= 4 is 15.5 Å². The average Bonchev–Trinajstić information content (AvgIpc) is 2.52. The van der Waals surface area contributed by atoms with E-state index in [-0.39, 0.29) is 11.5 Å². The Bertz CT molecular complexity index is 525. The molecule has 1 aromatic rings. The van der Waals surface area contributed by atoms with Gasteiger partial charge in [-0.15, -0.1) is 0 Å². The van der Waals surface area contributed by atoms with Crippen LogP contribution in [0, 0.1) is 0 Å². The van der Waals surface area contributed by atoms with E-state index in [1.165, 1.54) is 5.56 Å². The van der Waals surface area contributed by atoms with Crippen LogP contribution in [0.25, 0.3) is 0 Å². The summed E-state index contributed by atoms with van der Waals surface area (Å²) in [6.45, 7) is 4.21. The molecule has 2 rings (SSSR count). The first kappa shape index (κ1) is 13.4. The van der Waals surface area contributed by atoms with E-state index < -0.39 is 22.0 Å². The van der Waals surface area contributed by atoms with E-state index in [9.17, 15) is 13.5 Å². The molecular weight excluding hydrogens is 250 g/mol. The molecule has 2 unspecified atom stereocenters. The molecule has 2 N–H and O–H groups in total. The summed E-state index contributed by atoms with van der Waals surface area (Å²) in [4.78, 5) is 0. The Morgan fingerprint density at radius 2 is 2.06 bits per heavy atom. The van der Waals surface area contributed by atoms with Gasteiger partial charge in [-0.05, 0) is 23.6 Å². The number of benzene rings is 1. The van der Waals surface area contributed by atoms with E-state index in [1.807, 2.05) is 24.3 Å². The first-order valence-electron chi connectivity index (χ1n) is 6.12. The molecule has 0 amide bonds. The SMILES string of the molecule is CC(C)c1cccc(NC2CS(=O)(=O)CC2O)c1. The molecule has 0 spiro atoms. The summed E-state index contributed by atoms with van der Waals surface area (Å²) in [5.41, 5.74) is 2.05. The minimum absolute atomic E-state index is 0.0000723. The van der Waals surface area contributed by atoms with Crippen LogP contribution in [0.4, 0.5) is 5.69 Å². The molecule has 0 bridgehead atoms. The fourth-order valence-electron chi connectivity index (χ4n) is 2.17. The van der Waals surface area contributed by atoms with E-state index in [1.54, 1.807) is 0 Å². The number of aliphatic hydroxyl groups is 1. The molecule has 1 heterocycles. The quantitative estimate of drug-likeness (QED) is 0.870. The second-order valence-corrected chi connectivity index (χ2v) is 7.33. The standard InChI is InChI=1S/C13H19NO3S/c1-9(2)10-4-3-5-11(6-10)14-12-7-18(16,17)8-13(12)15/h3-6,9,12-15H,7-8H2,1-2H3. The third-order valence-corrected chi connectivity index (χ3v) is 4.94. The van der Waals surface area contributed by atoms with Crippen LogP contribution in [-0.2, 0) is 9.84 Å². The molecule has 1 saturated heterocycles. The van der Waals surface area contributed by atoms with Crippen LogP contribution >= 0.6 is 0 Å². The average molecular weight is 269 g/mol. The number of hydrogen-bond donors (Lipinski definition) is 2. The Hall–Kier alpha value is -1.07. The normalized spacial score (nSPS) is 26.4. The first-order valence-corrected chi connectivity index (χ1v) is 7.94. The van der Waals surface area contributed by atoms with Crippen molar-refractivity contribution in [1.82, 2.24) is 0 Å². The molecule has 18 heavy (non-hydrogen) atoms. The molecule has 4 nitrogen and oxygen atoms in total. The Morgan fingerprint density at radius 1 is 1.33 bits per heavy atom. The van der Waals surface area contributed by atoms with Gasteiger partial charge in [0.15, 0.2) is 9.84 Å². The number of aliphatic hydroxyl groups excluding tert-OH is 1. The van der Waals surface area contributed by atoms with E-state index in [0.717, 1.165) is 5.69 Å². The topological polar surface area (TPSA) is 66.4 Å². The summed E-state index contributed by atoms with van der Waals surface area (Å²) in [7, 11) is -3.10. The molecule has 1 fully saturated rings. The molecule has 1 aromatic carbocycles. The lowest BCUT2D eigenvalue weighted by Gasteiger charge is -2.17. The zero-order chi connectivity index (χ0) is 13.3. The summed E-state index contributed by atoms with van der Waals surface area (Å²) >= 11 is 0. The van der Waals surface area contributed by atoms with Crippen LogP contribution in [0.15, 0.2) is 24.3 Å². The minimum Gasteiger partial charge on any atom is -0.390 e. The maximum absolute atomic E-state index is 11.4. The van der Waals surface area contributed by atoms with Crippen molar-refractivity contribution in [2.75, 3.05) is 16.8 Å². The zero-order valence-electron chi connectivity index (χ0n) is 10.6. The molecule has 0 radical (unpaired) electrons. The highest BCUT2D eigenvalue weighted by Crippen LogP contribution is 2.22. The van der Waals surface area contributed by atoms with Crippen LogP contribution in [-0.4, -0.2) is 37.2 Å². The van der Waals surface area contributed by atoms with Gasteiger partial charge in [0.25, 0.3) is 0 Å². The number of nitrogens with one attached hydrogen (secondary N) is 1. The van der Waals surface area contributed by atoms with Gasteiger partial charge >= 0.3 is 0 Å². The van der Waals surface area contributed by atoms with Crippen molar-refractivity contribution in [3.63, 3.8) is 0 Å². The third-order valence-electron chi connectivity index (χ3n) is 3.23. The molecule has 0 aliphatic carbocycles. The Morgan fingerprint density at radius 3 is 2.61 bits per heavy atom. The van der Waals surface area contributed by atoms with Gasteiger partial charge in [0.2, 0.25) is 0 Å². The summed E-state index contributed by atoms with van der Waals surface area (Å²) in [6.07, 6.45) is -0.822. The summed E-state index contributed by atoms with van der Waals surface area (Å²) < 4.78 is 22.8. The van der Waals surface area contributed by atoms with Crippen LogP contribution in [0.2, 0.25) is 0 Å². The van der Waals surface area contributed by atoms with Gasteiger partial charge in [0, 0.05) is 5.69 Å². The molecule has 100 valence electrons. The highest BCUT2D eigenvalue weighted by molar-refractivity contribution is 7.91. The van der Waals surface area contributed by atoms with E-state index in [2.05, 4.69) is 19.2 Å². The highest BCUT2D eigenvalue weighted by atomic mass is 32.2. The van der Waals surface area contributed by atoms with Crippen molar-refractivity contribution in [1.29, 1.82) is 0 Å². The summed E-state index contributed by atoms with van der Waals surface area (Å²) in [6, 6.07) is 7.47. The van der Waals surface area contributed by atoms with Gasteiger partial charge in [0.1, 0.15) is 0 Å². The molecule has 1 aliphatic heterocycles. The predicted molar refractivity (Wildman–Crippen MR) is 72.6 cm³/mol. The molecular formula is C13H19NO3S. The van der Waals surface area contributed by atoms with Crippen molar-refractivity contribution in [2.45, 2.75) is 31.9 Å². The first-order chi connectivity index (χ1) is 8.37. The van der Waals surface area contributed by atoms with Gasteiger partial charge < -0.3 is 10.4 Å². The fourth-order valence-corrected chi connectivity index (χ4v) is 3.91. The number of sulfone groups is 1. The largest absolute Gasteiger partial charge is 0.390 e. The van der Waals surface area contributed by atoms with Crippen LogP contribution < -0.4 is 5.32 Å². The maximum atomic E-state index is 11.4. The Kier molecular flexibility index (Phi) is 3.64. The fraction of sp³-hybridized carbons (Fsp3) is 0.538. The van der Waals surface area contributed by atoms with Gasteiger partial charge in [0.05, 0.1) is 23.7 Å². The predicted octanol–water partition coefficient (Wildman–Crippen LogP) is 1.38. The number of rotatable bonds is 3. The monoisotopic (exact) mass is 269 g/mol. The van der Waals surface area contributed by atoms with E-state index >= 15 is 0 Å². The molecule has 0 saturated carbocycles. The van der Waals surface area contributed by atoms with E-state index in [0.29, 0.717) is 5.92 Å². The lowest BCUT2D eigenvalue weighted by atomic mass is 10.0. The molecule has 1 aliphatic rings. The van der Waals surface area contributed by atoms with Crippen molar-refractivity contribution in [3.8, 4) is 0 Å². The van der Waals surface area contributed by atoms with Crippen molar-refractivity contribution in [2.24, 2.45) is 0 Å². The van der Waals surface area contributed by atoms with Crippen LogP contribution in [0.1, 0.15) is 25.3 Å². The second-order valence-electron chi connectivity index (χ2n) is 5.18. The van der Waals surface area contributed by atoms with Crippen molar-refractivity contribution in [3.05, 3.63) is 29.8 Å². The number of anilines is 1. The molecule has 2 atom stereocenters. The highest BCUT2D eigenvalue weighted by Gasteiger charge is 2.36. The lowest BCUT2D eigenvalue weighted by Crippen LogP contribution is -2.31. The smallest absolute Gasteiger partial charge is 0.155 e. The maximum Gasteiger partial charge on any atom is 0.155 e. The summed E-state index contributed by atoms with van der Waals surface area (Å²) in [5, 5.41) is 12.8. The van der Waals surface area contributed by atoms with Crippen molar-refractivity contribution < 1.29 is 13.5 Å². The molecule has 0 aromatic heterocycles. The van der Waals surface area contributed by atoms with Gasteiger partial charge in [-0.2, -0.15) is 0 Å². The van der Waals surface area contributed by atoms with Crippen LogP contribution in [0.5, 0.6) is 0 Å². The second kappa shape index (κ2) is 4.90. The van der Waals surface area contributed by atoms with Gasteiger partial charge in [-0.1, -0.05) is 26.0 Å². The Balaban J connectivity index is 2.13. The third kappa shape index (κ3) is 3.03. The Labute approximate surface area is 108 Å². The van der Waals surface area contributed by atoms with Crippen LogP contribution in [0.3, 0.4) is 0 Å². The number of hydrogen-bond acceptors (Lipinski definition) is 4. The van der Waals surface area contributed by atoms with Gasteiger partial charge in [-0.25, -0.2) is 8.42 Å². The molecule has 5 heteroatoms. The lowest BCUT2D eigenvalue weighted by molar-refractivity contribution is 0.190. The van der Waals surface area contributed by atoms with E-state index in [4.69, 9.17) is 0 Å². The summed E-state index contributed by atoms with van der Waals surface area (Å²) in [5.74, 6) is 0.276. The minimum atomic E-state index is -3.10. The zero-order valence-corrected chi connectivity index (χ0v) is 11.4. The van der Waals surface area contributed by atoms with Gasteiger partial charge in [-0.3, -0.25) is 0 Å².